The quantitative estimate of drug-likeness (QED) is 0.184. The van der Waals surface area contributed by atoms with Crippen LogP contribution in [0.5, 0.6) is 0 Å². The summed E-state index contributed by atoms with van der Waals surface area (Å²) in [5, 5.41) is 9.91. The van der Waals surface area contributed by atoms with Crippen molar-refractivity contribution >= 4 is 57.9 Å². The highest BCUT2D eigenvalue weighted by atomic mass is 35.5. The van der Waals surface area contributed by atoms with Crippen LogP contribution >= 0.6 is 23.2 Å². The molecule has 0 saturated carbocycles. The molecule has 1 unspecified atom stereocenters. The van der Waals surface area contributed by atoms with E-state index in [1.54, 1.807) is 20.2 Å². The fraction of sp³-hybridized carbons (Fsp3) is 0.586. The molecule has 0 bridgehead atoms. The summed E-state index contributed by atoms with van der Waals surface area (Å²) >= 11 is 12.2. The summed E-state index contributed by atoms with van der Waals surface area (Å²) in [6.07, 6.45) is 7.74. The van der Waals surface area contributed by atoms with Gasteiger partial charge in [-0.05, 0) is 43.5 Å². The Morgan fingerprint density at radius 2 is 1.84 bits per heavy atom. The Labute approximate surface area is 268 Å². The molecule has 0 spiro atoms. The zero-order valence-corrected chi connectivity index (χ0v) is 27.3. The minimum Gasteiger partial charge on any atom is -0.461 e. The van der Waals surface area contributed by atoms with Crippen LogP contribution < -0.4 is 16.0 Å². The number of carbonyl (C=O) groups excluding carboxylic acids is 3. The highest BCUT2D eigenvalue weighted by molar-refractivity contribution is 6.67. The molecule has 0 radical (unpaired) electrons. The smallest absolute Gasteiger partial charge is 0.360 e. The van der Waals surface area contributed by atoms with E-state index in [9.17, 15) is 14.4 Å². The number of aromatic nitrogens is 2. The molecule has 13 nitrogen and oxygen atoms in total. The molecule has 2 fully saturated rings. The molecule has 4 N–H and O–H groups in total. The molecule has 3 rings (SSSR count). The predicted octanol–water partition coefficient (Wildman–Crippen LogP) is 3.69. The van der Waals surface area contributed by atoms with E-state index in [4.69, 9.17) is 39.1 Å². The van der Waals surface area contributed by atoms with E-state index < -0.39 is 12.0 Å². The van der Waals surface area contributed by atoms with Crippen LogP contribution in [0.3, 0.4) is 0 Å². The number of halogens is 2. The SMILES string of the molecule is CCCOC(=O)c1nc(Cl)c(N2CCN(C3CCN(C(=O)CC(/C=C\C(=N)Cl)=C\N)CC3)C(CC)C2)nc1NC(=O)N(C)C. The Kier molecular flexibility index (Phi) is 13.2. The van der Waals surface area contributed by atoms with Crippen molar-refractivity contribution in [2.24, 2.45) is 5.73 Å². The number of esters is 1. The number of urea groups is 1. The third-order valence-corrected chi connectivity index (χ3v) is 8.08. The van der Waals surface area contributed by atoms with Crippen LogP contribution in [0.1, 0.15) is 56.4 Å². The Balaban J connectivity index is 1.69. The van der Waals surface area contributed by atoms with E-state index >= 15 is 0 Å². The predicted molar refractivity (Wildman–Crippen MR) is 173 cm³/mol. The number of allylic oxidation sites excluding steroid dienone is 2. The molecule has 1 atom stereocenters. The first-order valence-electron chi connectivity index (χ1n) is 14.8. The fourth-order valence-corrected chi connectivity index (χ4v) is 5.62. The number of piperidine rings is 1. The van der Waals surface area contributed by atoms with E-state index in [1.807, 2.05) is 16.7 Å². The van der Waals surface area contributed by atoms with E-state index in [1.165, 1.54) is 17.2 Å². The highest BCUT2D eigenvalue weighted by Crippen LogP contribution is 2.31. The van der Waals surface area contributed by atoms with E-state index in [2.05, 4.69) is 27.1 Å². The molecule has 2 aliphatic rings. The monoisotopic (exact) mass is 651 g/mol. The fourth-order valence-electron chi connectivity index (χ4n) is 5.31. The van der Waals surface area contributed by atoms with Crippen molar-refractivity contribution in [3.05, 3.63) is 34.8 Å². The van der Waals surface area contributed by atoms with Crippen molar-refractivity contribution in [1.29, 1.82) is 5.41 Å². The van der Waals surface area contributed by atoms with Gasteiger partial charge in [0.25, 0.3) is 0 Å². The Morgan fingerprint density at radius 3 is 2.43 bits per heavy atom. The molecule has 1 aromatic rings. The summed E-state index contributed by atoms with van der Waals surface area (Å²) in [6, 6.07) is 0.0610. The molecule has 3 heterocycles. The number of ether oxygens (including phenoxy) is 1. The van der Waals surface area contributed by atoms with Gasteiger partial charge in [-0.1, -0.05) is 43.1 Å². The summed E-state index contributed by atoms with van der Waals surface area (Å²) in [5.74, 6) is -0.310. The third-order valence-electron chi connectivity index (χ3n) is 7.70. The third kappa shape index (κ3) is 9.29. The lowest BCUT2D eigenvalue weighted by Gasteiger charge is -2.47. The first kappa shape index (κ1) is 35.1. The van der Waals surface area contributed by atoms with Gasteiger partial charge in [-0.25, -0.2) is 19.6 Å². The largest absolute Gasteiger partial charge is 0.461 e. The number of carbonyl (C=O) groups is 3. The number of amides is 3. The molecule has 2 aliphatic heterocycles. The summed E-state index contributed by atoms with van der Waals surface area (Å²) in [4.78, 5) is 54.7. The number of nitrogens with two attached hydrogens (primary N) is 1. The molecule has 15 heteroatoms. The number of rotatable bonds is 11. The molecular weight excluding hydrogens is 609 g/mol. The maximum atomic E-state index is 12.9. The van der Waals surface area contributed by atoms with Gasteiger partial charge >= 0.3 is 12.0 Å². The Hall–Kier alpha value is -3.42. The van der Waals surface area contributed by atoms with Crippen molar-refractivity contribution < 1.29 is 19.1 Å². The number of anilines is 2. The second-order valence-electron chi connectivity index (χ2n) is 11.0. The normalized spacial score (nSPS) is 18.4. The van der Waals surface area contributed by atoms with Crippen LogP contribution in [-0.4, -0.2) is 113 Å². The first-order chi connectivity index (χ1) is 21.0. The van der Waals surface area contributed by atoms with Gasteiger partial charge in [0, 0.05) is 58.9 Å². The number of nitrogens with one attached hydrogen (secondary N) is 2. The van der Waals surface area contributed by atoms with Crippen LogP contribution in [-0.2, 0) is 9.53 Å². The first-order valence-corrected chi connectivity index (χ1v) is 15.6. The lowest BCUT2D eigenvalue weighted by molar-refractivity contribution is -0.132. The van der Waals surface area contributed by atoms with Crippen LogP contribution in [0.2, 0.25) is 5.15 Å². The van der Waals surface area contributed by atoms with E-state index in [-0.39, 0.29) is 46.8 Å². The van der Waals surface area contributed by atoms with Crippen molar-refractivity contribution in [3.63, 3.8) is 0 Å². The lowest BCUT2D eigenvalue weighted by atomic mass is 9.97. The standard InChI is InChI=1S/C29H43Cl2N9O4/c1-5-15-44-28(42)24-26(36-29(43)37(3)4)35-27(25(31)34-24)39-13-14-40(20(6-2)18-39)21-9-11-38(12-10-21)23(41)16-19(17-32)7-8-22(30)33/h7-8,17,20-21,33H,5-6,9-16,18,32H2,1-4H3,(H,35,36,43)/b8-7-,19-17-,33-22?. The van der Waals surface area contributed by atoms with Gasteiger partial charge in [0.2, 0.25) is 5.91 Å². The van der Waals surface area contributed by atoms with Crippen LogP contribution in [0.15, 0.2) is 23.9 Å². The minimum absolute atomic E-state index is 0.000715. The maximum absolute atomic E-state index is 12.9. The molecule has 2 saturated heterocycles. The maximum Gasteiger partial charge on any atom is 0.360 e. The Bertz CT molecular complexity index is 1270. The van der Waals surface area contributed by atoms with Crippen molar-refractivity contribution in [2.45, 2.75) is 58.0 Å². The molecule has 242 valence electrons. The van der Waals surface area contributed by atoms with Crippen LogP contribution in [0.4, 0.5) is 16.4 Å². The van der Waals surface area contributed by atoms with Gasteiger partial charge in [0.05, 0.1) is 13.0 Å². The topological polar surface area (TPSA) is 161 Å². The van der Waals surface area contributed by atoms with Crippen molar-refractivity contribution in [1.82, 2.24) is 24.7 Å². The van der Waals surface area contributed by atoms with Crippen molar-refractivity contribution in [3.8, 4) is 0 Å². The number of hydrogen-bond acceptors (Lipinski definition) is 10. The lowest BCUT2D eigenvalue weighted by Crippen LogP contribution is -2.58. The summed E-state index contributed by atoms with van der Waals surface area (Å²) in [7, 11) is 3.17. The van der Waals surface area contributed by atoms with Crippen molar-refractivity contribution in [2.75, 3.05) is 63.6 Å². The van der Waals surface area contributed by atoms with Gasteiger partial charge in [0.15, 0.2) is 22.5 Å². The summed E-state index contributed by atoms with van der Waals surface area (Å²) < 4.78 is 5.25. The van der Waals surface area contributed by atoms with E-state index in [0.717, 1.165) is 25.8 Å². The summed E-state index contributed by atoms with van der Waals surface area (Å²) in [5.41, 5.74) is 6.14. The molecule has 1 aromatic heterocycles. The zero-order valence-electron chi connectivity index (χ0n) is 25.8. The average Bonchev–Trinajstić information content (AvgIpc) is 3.01. The molecular formula is C29H43Cl2N9O4. The van der Waals surface area contributed by atoms with Crippen LogP contribution in [0, 0.1) is 5.41 Å². The molecule has 44 heavy (non-hydrogen) atoms. The number of nitrogens with zero attached hydrogens (tertiary/aromatic N) is 6. The van der Waals surface area contributed by atoms with Gasteiger partial charge < -0.3 is 25.2 Å². The van der Waals surface area contributed by atoms with Crippen LogP contribution in [0.25, 0.3) is 0 Å². The van der Waals surface area contributed by atoms with E-state index in [0.29, 0.717) is 50.0 Å². The molecule has 0 aromatic carbocycles. The van der Waals surface area contributed by atoms with Gasteiger partial charge in [-0.15, -0.1) is 0 Å². The number of hydrogen-bond donors (Lipinski definition) is 3. The average molecular weight is 653 g/mol. The summed E-state index contributed by atoms with van der Waals surface area (Å²) in [6.45, 7) is 7.53. The second kappa shape index (κ2) is 16.6. The van der Waals surface area contributed by atoms with Gasteiger partial charge in [-0.2, -0.15) is 0 Å². The number of piperazine rings is 1. The number of likely N-dealkylation sites (tertiary alicyclic amines) is 1. The van der Waals surface area contributed by atoms with Gasteiger partial charge in [0.1, 0.15) is 5.17 Å². The zero-order chi connectivity index (χ0) is 32.4. The highest BCUT2D eigenvalue weighted by Gasteiger charge is 2.35. The Morgan fingerprint density at radius 1 is 1.14 bits per heavy atom. The minimum atomic E-state index is -0.703. The second-order valence-corrected chi connectivity index (χ2v) is 11.7. The van der Waals surface area contributed by atoms with Gasteiger partial charge in [-0.3, -0.25) is 20.4 Å². The molecule has 3 amide bonds. The molecule has 0 aliphatic carbocycles.